The highest BCUT2D eigenvalue weighted by molar-refractivity contribution is 5.91. The lowest BCUT2D eigenvalue weighted by Gasteiger charge is -2.17. The molecule has 0 fully saturated rings. The zero-order chi connectivity index (χ0) is 14.8. The largest absolute Gasteiger partial charge is 0.399 e. The number of benzene rings is 1. The zero-order valence-corrected chi connectivity index (χ0v) is 12.4. The number of amides is 1. The molecule has 4 nitrogen and oxygen atoms in total. The van der Waals surface area contributed by atoms with Crippen LogP contribution in [0.1, 0.15) is 25.8 Å². The summed E-state index contributed by atoms with van der Waals surface area (Å²) in [5.41, 5.74) is 7.31. The smallest absolute Gasteiger partial charge is 0.243 e. The van der Waals surface area contributed by atoms with Gasteiger partial charge in [0.1, 0.15) is 0 Å². The van der Waals surface area contributed by atoms with Gasteiger partial charge in [0.25, 0.3) is 0 Å². The molecule has 0 saturated heterocycles. The van der Waals surface area contributed by atoms with Crippen molar-refractivity contribution in [2.24, 2.45) is 0 Å². The van der Waals surface area contributed by atoms with Gasteiger partial charge < -0.3 is 16.0 Å². The molecule has 0 aromatic heterocycles. The highest BCUT2D eigenvalue weighted by Gasteiger charge is 1.99. The topological polar surface area (TPSA) is 58.4 Å². The minimum atomic E-state index is -0.0630. The minimum Gasteiger partial charge on any atom is -0.399 e. The average molecular weight is 275 g/mol. The minimum absolute atomic E-state index is 0.0630. The highest BCUT2D eigenvalue weighted by Crippen LogP contribution is 2.07. The predicted molar refractivity (Wildman–Crippen MR) is 85.3 cm³/mol. The van der Waals surface area contributed by atoms with Crippen LogP contribution in [0.3, 0.4) is 0 Å². The Labute approximate surface area is 121 Å². The van der Waals surface area contributed by atoms with E-state index in [1.165, 1.54) is 0 Å². The second kappa shape index (κ2) is 9.15. The van der Waals surface area contributed by atoms with Gasteiger partial charge in [-0.15, -0.1) is 0 Å². The first kappa shape index (κ1) is 16.2. The first-order chi connectivity index (χ1) is 9.65. The Balaban J connectivity index is 2.26. The standard InChI is InChI=1S/C16H25N3O/c1-3-19(4-2)12-6-11-18-16(20)10-9-14-7-5-8-15(17)13-14/h5,7-10,13H,3-4,6,11-12,17H2,1-2H3,(H,18,20)/b10-9+. The molecule has 0 spiro atoms. The summed E-state index contributed by atoms with van der Waals surface area (Å²) < 4.78 is 0. The number of carbonyl (C=O) groups is 1. The van der Waals surface area contributed by atoms with Crippen molar-refractivity contribution >= 4 is 17.7 Å². The number of carbonyl (C=O) groups excluding carboxylic acids is 1. The summed E-state index contributed by atoms with van der Waals surface area (Å²) in [6.07, 6.45) is 4.29. The van der Waals surface area contributed by atoms with Gasteiger partial charge >= 0.3 is 0 Å². The van der Waals surface area contributed by atoms with Crippen LogP contribution in [0.4, 0.5) is 5.69 Å². The number of nitrogen functional groups attached to an aromatic ring is 1. The molecule has 4 heteroatoms. The summed E-state index contributed by atoms with van der Waals surface area (Å²) in [5, 5.41) is 2.89. The molecule has 0 saturated carbocycles. The van der Waals surface area contributed by atoms with E-state index in [2.05, 4.69) is 24.1 Å². The van der Waals surface area contributed by atoms with E-state index in [1.807, 2.05) is 24.3 Å². The van der Waals surface area contributed by atoms with E-state index in [9.17, 15) is 4.79 Å². The summed E-state index contributed by atoms with van der Waals surface area (Å²) in [7, 11) is 0. The SMILES string of the molecule is CCN(CC)CCCNC(=O)/C=C/c1cccc(N)c1. The molecule has 0 aliphatic heterocycles. The normalized spacial score (nSPS) is 11.2. The van der Waals surface area contributed by atoms with Gasteiger partial charge in [-0.1, -0.05) is 26.0 Å². The van der Waals surface area contributed by atoms with Crippen LogP contribution in [-0.2, 0) is 4.79 Å². The summed E-state index contributed by atoms with van der Waals surface area (Å²) in [6, 6.07) is 7.45. The highest BCUT2D eigenvalue weighted by atomic mass is 16.1. The fourth-order valence-corrected chi connectivity index (χ4v) is 1.95. The van der Waals surface area contributed by atoms with E-state index in [0.29, 0.717) is 12.2 Å². The molecular formula is C16H25N3O. The van der Waals surface area contributed by atoms with E-state index in [1.54, 1.807) is 12.2 Å². The summed E-state index contributed by atoms with van der Waals surface area (Å²) in [4.78, 5) is 14.0. The van der Waals surface area contributed by atoms with Crippen LogP contribution in [0, 0.1) is 0 Å². The number of nitrogens with one attached hydrogen (secondary N) is 1. The molecule has 20 heavy (non-hydrogen) atoms. The molecule has 0 radical (unpaired) electrons. The Hall–Kier alpha value is -1.81. The van der Waals surface area contributed by atoms with Gasteiger partial charge in [-0.2, -0.15) is 0 Å². The maximum Gasteiger partial charge on any atom is 0.243 e. The second-order valence-electron chi connectivity index (χ2n) is 4.67. The fraction of sp³-hybridized carbons (Fsp3) is 0.438. The van der Waals surface area contributed by atoms with Crippen LogP contribution in [0.15, 0.2) is 30.3 Å². The number of hydrogen-bond donors (Lipinski definition) is 2. The second-order valence-corrected chi connectivity index (χ2v) is 4.67. The van der Waals surface area contributed by atoms with Crippen molar-refractivity contribution in [2.45, 2.75) is 20.3 Å². The van der Waals surface area contributed by atoms with E-state index < -0.39 is 0 Å². The van der Waals surface area contributed by atoms with Gasteiger partial charge in [0.15, 0.2) is 0 Å². The molecule has 110 valence electrons. The maximum atomic E-state index is 11.6. The third-order valence-corrected chi connectivity index (χ3v) is 3.18. The lowest BCUT2D eigenvalue weighted by molar-refractivity contribution is -0.116. The van der Waals surface area contributed by atoms with Gasteiger partial charge in [-0.05, 0) is 49.8 Å². The van der Waals surface area contributed by atoms with Gasteiger partial charge in [0.05, 0.1) is 0 Å². The fourth-order valence-electron chi connectivity index (χ4n) is 1.95. The van der Waals surface area contributed by atoms with Crippen LogP contribution >= 0.6 is 0 Å². The molecule has 0 aliphatic rings. The molecule has 0 heterocycles. The molecule has 1 aromatic carbocycles. The Morgan fingerprint density at radius 1 is 1.35 bits per heavy atom. The Bertz CT molecular complexity index is 439. The van der Waals surface area contributed by atoms with Crippen molar-refractivity contribution in [3.8, 4) is 0 Å². The van der Waals surface area contributed by atoms with Crippen molar-refractivity contribution < 1.29 is 4.79 Å². The van der Waals surface area contributed by atoms with Gasteiger partial charge in [-0.25, -0.2) is 0 Å². The molecule has 0 bridgehead atoms. The summed E-state index contributed by atoms with van der Waals surface area (Å²) >= 11 is 0. The monoisotopic (exact) mass is 275 g/mol. The number of hydrogen-bond acceptors (Lipinski definition) is 3. The summed E-state index contributed by atoms with van der Waals surface area (Å²) in [5.74, 6) is -0.0630. The number of nitrogens with zero attached hydrogens (tertiary/aromatic N) is 1. The Morgan fingerprint density at radius 3 is 2.75 bits per heavy atom. The zero-order valence-electron chi connectivity index (χ0n) is 12.4. The van der Waals surface area contributed by atoms with Crippen LogP contribution in [-0.4, -0.2) is 37.0 Å². The van der Waals surface area contributed by atoms with E-state index >= 15 is 0 Å². The third kappa shape index (κ3) is 6.38. The molecule has 1 rings (SSSR count). The van der Waals surface area contributed by atoms with Crippen molar-refractivity contribution in [3.05, 3.63) is 35.9 Å². The maximum absolute atomic E-state index is 11.6. The van der Waals surface area contributed by atoms with Gasteiger partial charge in [-0.3, -0.25) is 4.79 Å². The Morgan fingerprint density at radius 2 is 2.10 bits per heavy atom. The number of rotatable bonds is 8. The van der Waals surface area contributed by atoms with Crippen LogP contribution < -0.4 is 11.1 Å². The molecule has 0 atom stereocenters. The van der Waals surface area contributed by atoms with E-state index in [-0.39, 0.29) is 5.91 Å². The summed E-state index contributed by atoms with van der Waals surface area (Å²) in [6.45, 7) is 8.13. The lowest BCUT2D eigenvalue weighted by Crippen LogP contribution is -2.29. The average Bonchev–Trinajstić information content (AvgIpc) is 2.45. The third-order valence-electron chi connectivity index (χ3n) is 3.18. The first-order valence-corrected chi connectivity index (χ1v) is 7.19. The molecule has 1 aromatic rings. The van der Waals surface area contributed by atoms with Crippen LogP contribution in [0.2, 0.25) is 0 Å². The van der Waals surface area contributed by atoms with Crippen LogP contribution in [0.5, 0.6) is 0 Å². The molecule has 0 unspecified atom stereocenters. The Kier molecular flexibility index (Phi) is 7.43. The van der Waals surface area contributed by atoms with Crippen molar-refractivity contribution in [2.75, 3.05) is 31.9 Å². The van der Waals surface area contributed by atoms with E-state index in [0.717, 1.165) is 31.6 Å². The number of nitrogens with two attached hydrogens (primary N) is 1. The van der Waals surface area contributed by atoms with Crippen molar-refractivity contribution in [3.63, 3.8) is 0 Å². The predicted octanol–water partition coefficient (Wildman–Crippen LogP) is 2.13. The quantitative estimate of drug-likeness (QED) is 0.434. The first-order valence-electron chi connectivity index (χ1n) is 7.19. The van der Waals surface area contributed by atoms with Gasteiger partial charge in [0.2, 0.25) is 5.91 Å². The van der Waals surface area contributed by atoms with Crippen molar-refractivity contribution in [1.82, 2.24) is 10.2 Å². The molecule has 1 amide bonds. The van der Waals surface area contributed by atoms with Crippen molar-refractivity contribution in [1.29, 1.82) is 0 Å². The van der Waals surface area contributed by atoms with E-state index in [4.69, 9.17) is 5.73 Å². The number of anilines is 1. The molecular weight excluding hydrogens is 250 g/mol. The van der Waals surface area contributed by atoms with Crippen LogP contribution in [0.25, 0.3) is 6.08 Å². The van der Waals surface area contributed by atoms with Gasteiger partial charge in [0, 0.05) is 18.3 Å². The molecule has 3 N–H and O–H groups in total. The molecule has 0 aliphatic carbocycles. The lowest BCUT2D eigenvalue weighted by atomic mass is 10.2.